The summed E-state index contributed by atoms with van der Waals surface area (Å²) in [5, 5.41) is 10.4. The average molecular weight is 492 g/mol. The SMILES string of the molecule is CC[N+](C)(C)CCOc1ccc2c(c1)CN(C(=O)c1ccc(O)c(Sc3ccc(C)c(C)c3)c1)C2. The summed E-state index contributed by atoms with van der Waals surface area (Å²) in [6.07, 6.45) is 0. The second-order valence-corrected chi connectivity index (χ2v) is 11.1. The molecule has 0 radical (unpaired) electrons. The topological polar surface area (TPSA) is 49.8 Å². The molecule has 35 heavy (non-hydrogen) atoms. The van der Waals surface area contributed by atoms with Crippen molar-refractivity contribution in [1.82, 2.24) is 4.90 Å². The van der Waals surface area contributed by atoms with Crippen LogP contribution in [0.4, 0.5) is 0 Å². The van der Waals surface area contributed by atoms with Crippen molar-refractivity contribution in [3.05, 3.63) is 82.4 Å². The van der Waals surface area contributed by atoms with E-state index in [-0.39, 0.29) is 11.7 Å². The van der Waals surface area contributed by atoms with Gasteiger partial charge in [-0.3, -0.25) is 4.79 Å². The molecule has 0 spiro atoms. The maximum Gasteiger partial charge on any atom is 0.254 e. The Hall–Kier alpha value is -2.96. The molecule has 0 aliphatic carbocycles. The molecule has 0 saturated carbocycles. The Balaban J connectivity index is 1.43. The fourth-order valence-corrected chi connectivity index (χ4v) is 4.97. The van der Waals surface area contributed by atoms with Crippen molar-refractivity contribution in [2.75, 3.05) is 33.8 Å². The molecule has 0 bridgehead atoms. The fraction of sp³-hybridized carbons (Fsp3) is 0.345. The summed E-state index contributed by atoms with van der Waals surface area (Å²) in [5.74, 6) is 1.000. The van der Waals surface area contributed by atoms with Gasteiger partial charge in [-0.25, -0.2) is 0 Å². The normalized spacial score (nSPS) is 13.1. The minimum Gasteiger partial charge on any atom is -0.507 e. The van der Waals surface area contributed by atoms with Gasteiger partial charge in [-0.2, -0.15) is 0 Å². The van der Waals surface area contributed by atoms with Gasteiger partial charge < -0.3 is 19.2 Å². The highest BCUT2D eigenvalue weighted by atomic mass is 32.2. The van der Waals surface area contributed by atoms with Crippen LogP contribution in [0.15, 0.2) is 64.4 Å². The molecule has 5 nitrogen and oxygen atoms in total. The largest absolute Gasteiger partial charge is 0.507 e. The minimum atomic E-state index is -0.0346. The zero-order chi connectivity index (χ0) is 25.2. The van der Waals surface area contributed by atoms with Gasteiger partial charge in [-0.05, 0) is 85.5 Å². The number of nitrogens with zero attached hydrogens (tertiary/aromatic N) is 2. The van der Waals surface area contributed by atoms with Crippen LogP contribution in [-0.4, -0.2) is 54.2 Å². The number of ether oxygens (including phenoxy) is 1. The second kappa shape index (κ2) is 10.3. The lowest BCUT2D eigenvalue weighted by molar-refractivity contribution is -0.888. The van der Waals surface area contributed by atoms with E-state index < -0.39 is 0 Å². The number of phenols is 1. The van der Waals surface area contributed by atoms with Crippen LogP contribution in [0.25, 0.3) is 0 Å². The molecule has 0 aromatic heterocycles. The van der Waals surface area contributed by atoms with Gasteiger partial charge in [-0.1, -0.05) is 23.9 Å². The third-order valence-electron chi connectivity index (χ3n) is 6.92. The van der Waals surface area contributed by atoms with Crippen LogP contribution < -0.4 is 4.74 Å². The van der Waals surface area contributed by atoms with Crippen LogP contribution in [0.5, 0.6) is 11.5 Å². The van der Waals surface area contributed by atoms with E-state index in [0.717, 1.165) is 39.3 Å². The number of hydrogen-bond donors (Lipinski definition) is 1. The van der Waals surface area contributed by atoms with Crippen LogP contribution in [-0.2, 0) is 13.1 Å². The number of carbonyl (C=O) groups is 1. The Labute approximate surface area is 212 Å². The number of carbonyl (C=O) groups excluding carboxylic acids is 1. The second-order valence-electron chi connectivity index (χ2n) is 9.95. The molecule has 1 aliphatic rings. The third-order valence-corrected chi connectivity index (χ3v) is 7.96. The molecule has 0 fully saturated rings. The van der Waals surface area contributed by atoms with Crippen molar-refractivity contribution in [2.24, 2.45) is 0 Å². The first-order valence-corrected chi connectivity index (χ1v) is 12.9. The minimum absolute atomic E-state index is 0.0346. The molecule has 0 atom stereocenters. The fourth-order valence-electron chi connectivity index (χ4n) is 3.99. The summed E-state index contributed by atoms with van der Waals surface area (Å²) >= 11 is 1.47. The molecule has 0 saturated heterocycles. The van der Waals surface area contributed by atoms with E-state index in [1.807, 2.05) is 17.0 Å². The lowest BCUT2D eigenvalue weighted by Gasteiger charge is -2.27. The van der Waals surface area contributed by atoms with E-state index in [1.54, 1.807) is 18.2 Å². The van der Waals surface area contributed by atoms with Crippen molar-refractivity contribution in [1.29, 1.82) is 0 Å². The lowest BCUT2D eigenvalue weighted by atomic mass is 10.1. The molecule has 1 heterocycles. The maximum atomic E-state index is 13.3. The van der Waals surface area contributed by atoms with Gasteiger partial charge in [0.2, 0.25) is 0 Å². The number of benzene rings is 3. The van der Waals surface area contributed by atoms with Gasteiger partial charge in [0.15, 0.2) is 0 Å². The number of rotatable bonds is 8. The molecule has 4 rings (SSSR count). The predicted molar refractivity (Wildman–Crippen MR) is 141 cm³/mol. The van der Waals surface area contributed by atoms with Gasteiger partial charge in [0.25, 0.3) is 5.91 Å². The molecule has 3 aromatic carbocycles. The smallest absolute Gasteiger partial charge is 0.254 e. The molecular weight excluding hydrogens is 456 g/mol. The number of phenolic OH excluding ortho intramolecular Hbond substituents is 1. The maximum absolute atomic E-state index is 13.3. The van der Waals surface area contributed by atoms with Crippen molar-refractivity contribution in [2.45, 2.75) is 43.7 Å². The number of amides is 1. The van der Waals surface area contributed by atoms with Crippen LogP contribution in [0, 0.1) is 13.8 Å². The van der Waals surface area contributed by atoms with E-state index in [9.17, 15) is 9.90 Å². The van der Waals surface area contributed by atoms with Crippen molar-refractivity contribution >= 4 is 17.7 Å². The number of aryl methyl sites for hydroxylation is 2. The van der Waals surface area contributed by atoms with Gasteiger partial charge in [0, 0.05) is 23.5 Å². The number of aromatic hydroxyl groups is 1. The highest BCUT2D eigenvalue weighted by molar-refractivity contribution is 7.99. The van der Waals surface area contributed by atoms with Gasteiger partial charge in [0.1, 0.15) is 24.7 Å². The quantitative estimate of drug-likeness (QED) is 0.405. The van der Waals surface area contributed by atoms with E-state index >= 15 is 0 Å². The highest BCUT2D eigenvalue weighted by Gasteiger charge is 2.25. The first kappa shape index (κ1) is 25.1. The van der Waals surface area contributed by atoms with Crippen LogP contribution in [0.2, 0.25) is 0 Å². The van der Waals surface area contributed by atoms with Crippen LogP contribution in [0.3, 0.4) is 0 Å². The van der Waals surface area contributed by atoms with Crippen molar-refractivity contribution in [3.8, 4) is 11.5 Å². The first-order valence-electron chi connectivity index (χ1n) is 12.1. The zero-order valence-corrected chi connectivity index (χ0v) is 22.1. The number of quaternary nitrogens is 1. The molecule has 0 unspecified atom stereocenters. The Morgan fingerprint density at radius 3 is 2.51 bits per heavy atom. The van der Waals surface area contributed by atoms with Gasteiger partial charge >= 0.3 is 0 Å². The van der Waals surface area contributed by atoms with Gasteiger partial charge in [0.05, 0.1) is 25.5 Å². The molecule has 184 valence electrons. The van der Waals surface area contributed by atoms with E-state index in [2.05, 4.69) is 59.1 Å². The monoisotopic (exact) mass is 491 g/mol. The molecular formula is C29H35N2O3S+. The van der Waals surface area contributed by atoms with E-state index in [0.29, 0.717) is 30.2 Å². The first-order chi connectivity index (χ1) is 16.6. The van der Waals surface area contributed by atoms with Crippen LogP contribution in [0.1, 0.15) is 39.5 Å². The Bertz CT molecular complexity index is 1240. The summed E-state index contributed by atoms with van der Waals surface area (Å²) in [6, 6.07) is 17.5. The van der Waals surface area contributed by atoms with Crippen molar-refractivity contribution in [3.63, 3.8) is 0 Å². The highest BCUT2D eigenvalue weighted by Crippen LogP contribution is 2.36. The molecule has 1 aliphatic heterocycles. The van der Waals surface area contributed by atoms with E-state index in [4.69, 9.17) is 4.74 Å². The number of fused-ring (bicyclic) bond motifs is 1. The standard InChI is InChI=1S/C29H34N2O3S/c1-6-31(4,5)13-14-34-25-10-8-23-18-30(19-24(23)16-25)29(33)22-9-12-27(32)28(17-22)35-26-11-7-20(2)21(3)15-26/h7-12,15-17H,6,13-14,18-19H2,1-5H3/p+1. The number of hydrogen-bond acceptors (Lipinski definition) is 4. The summed E-state index contributed by atoms with van der Waals surface area (Å²) in [7, 11) is 4.40. The van der Waals surface area contributed by atoms with E-state index in [1.165, 1.54) is 22.9 Å². The number of likely N-dealkylation sites (N-methyl/N-ethyl adjacent to an activating group) is 1. The Morgan fingerprint density at radius 2 is 1.77 bits per heavy atom. The predicted octanol–water partition coefficient (Wildman–Crippen LogP) is 5.79. The molecule has 1 amide bonds. The summed E-state index contributed by atoms with van der Waals surface area (Å²) in [4.78, 5) is 16.9. The molecule has 6 heteroatoms. The molecule has 1 N–H and O–H groups in total. The Kier molecular flexibility index (Phi) is 7.43. The lowest BCUT2D eigenvalue weighted by Crippen LogP contribution is -2.42. The summed E-state index contributed by atoms with van der Waals surface area (Å²) in [5.41, 5.74) is 5.29. The van der Waals surface area contributed by atoms with Crippen LogP contribution >= 0.6 is 11.8 Å². The summed E-state index contributed by atoms with van der Waals surface area (Å²) in [6.45, 7) is 10.1. The summed E-state index contributed by atoms with van der Waals surface area (Å²) < 4.78 is 6.92. The Morgan fingerprint density at radius 1 is 1.00 bits per heavy atom. The zero-order valence-electron chi connectivity index (χ0n) is 21.3. The molecule has 3 aromatic rings. The van der Waals surface area contributed by atoms with Gasteiger partial charge in [-0.15, -0.1) is 0 Å². The van der Waals surface area contributed by atoms with Crippen molar-refractivity contribution < 1.29 is 19.1 Å². The average Bonchev–Trinajstić information content (AvgIpc) is 3.26. The third kappa shape index (κ3) is 6.00.